The number of thiophene rings is 1. The molecule has 1 aliphatic heterocycles. The van der Waals surface area contributed by atoms with E-state index in [0.29, 0.717) is 24.8 Å². The number of piperidine rings is 1. The van der Waals surface area contributed by atoms with Gasteiger partial charge in [-0.1, -0.05) is 5.16 Å². The summed E-state index contributed by atoms with van der Waals surface area (Å²) in [5, 5.41) is 15.0. The number of hydrogen-bond donors (Lipinski definition) is 1. The molecular formula is C13H14BrN3O3S. The van der Waals surface area contributed by atoms with Gasteiger partial charge in [-0.05, 0) is 41.4 Å². The zero-order valence-corrected chi connectivity index (χ0v) is 13.6. The van der Waals surface area contributed by atoms with Crippen molar-refractivity contribution in [2.24, 2.45) is 5.92 Å². The highest BCUT2D eigenvalue weighted by atomic mass is 79.9. The van der Waals surface area contributed by atoms with Crippen LogP contribution in [0, 0.1) is 5.92 Å². The normalized spacial score (nSPS) is 19.8. The number of halogens is 1. The van der Waals surface area contributed by atoms with Gasteiger partial charge >= 0.3 is 5.97 Å². The third-order valence-corrected chi connectivity index (χ3v) is 5.16. The molecule has 6 nitrogen and oxygen atoms in total. The quantitative estimate of drug-likeness (QED) is 0.889. The van der Waals surface area contributed by atoms with Crippen LogP contribution in [0.3, 0.4) is 0 Å². The lowest BCUT2D eigenvalue weighted by Gasteiger charge is -2.29. The Morgan fingerprint density at radius 2 is 2.48 bits per heavy atom. The van der Waals surface area contributed by atoms with Crippen LogP contribution in [0.4, 0.5) is 0 Å². The topological polar surface area (TPSA) is 79.5 Å². The minimum atomic E-state index is -0.727. The van der Waals surface area contributed by atoms with E-state index in [-0.39, 0.29) is 5.92 Å². The van der Waals surface area contributed by atoms with Crippen LogP contribution in [-0.4, -0.2) is 39.2 Å². The van der Waals surface area contributed by atoms with Crippen LogP contribution >= 0.6 is 27.3 Å². The lowest BCUT2D eigenvalue weighted by Crippen LogP contribution is -2.38. The first-order chi connectivity index (χ1) is 10.1. The standard InChI is InChI=1S/C13H14BrN3O3S/c14-9-4-10(21-7-9)12-15-11(20-16-12)6-17-3-1-2-8(5-17)13(18)19/h4,7-8H,1-3,5-6H2,(H,18,19). The molecule has 0 aliphatic carbocycles. The molecule has 1 unspecified atom stereocenters. The Morgan fingerprint density at radius 1 is 1.62 bits per heavy atom. The van der Waals surface area contributed by atoms with Gasteiger partial charge in [-0.25, -0.2) is 0 Å². The number of rotatable bonds is 4. The van der Waals surface area contributed by atoms with Gasteiger partial charge in [0.15, 0.2) is 0 Å². The minimum absolute atomic E-state index is 0.297. The molecule has 1 saturated heterocycles. The zero-order valence-electron chi connectivity index (χ0n) is 11.2. The van der Waals surface area contributed by atoms with E-state index in [0.717, 1.165) is 28.7 Å². The fraction of sp³-hybridized carbons (Fsp3) is 0.462. The van der Waals surface area contributed by atoms with Crippen LogP contribution in [0.25, 0.3) is 10.7 Å². The maximum atomic E-state index is 11.1. The van der Waals surface area contributed by atoms with Crippen LogP contribution in [0.5, 0.6) is 0 Å². The van der Waals surface area contributed by atoms with E-state index in [9.17, 15) is 4.79 Å². The van der Waals surface area contributed by atoms with E-state index >= 15 is 0 Å². The van der Waals surface area contributed by atoms with Crippen LogP contribution in [-0.2, 0) is 11.3 Å². The third kappa shape index (κ3) is 3.50. The second kappa shape index (κ2) is 6.25. The Labute approximate surface area is 133 Å². The van der Waals surface area contributed by atoms with Crippen molar-refractivity contribution < 1.29 is 14.4 Å². The Kier molecular flexibility index (Phi) is 4.37. The summed E-state index contributed by atoms with van der Waals surface area (Å²) in [7, 11) is 0. The van der Waals surface area contributed by atoms with E-state index in [1.165, 1.54) is 0 Å². The number of aromatic nitrogens is 2. The molecule has 1 aliphatic rings. The van der Waals surface area contributed by atoms with Crippen molar-refractivity contribution in [1.82, 2.24) is 15.0 Å². The number of aliphatic carboxylic acids is 1. The highest BCUT2D eigenvalue weighted by Gasteiger charge is 2.26. The predicted molar refractivity (Wildman–Crippen MR) is 80.9 cm³/mol. The van der Waals surface area contributed by atoms with Gasteiger partial charge in [0.2, 0.25) is 11.7 Å². The average Bonchev–Trinajstić information content (AvgIpc) is 3.08. The molecule has 3 rings (SSSR count). The number of carbonyl (C=O) groups is 1. The summed E-state index contributed by atoms with van der Waals surface area (Å²) in [6.45, 7) is 1.91. The Bertz CT molecular complexity index is 642. The second-order valence-corrected chi connectivity index (χ2v) is 6.88. The Hall–Kier alpha value is -1.25. The van der Waals surface area contributed by atoms with Gasteiger partial charge in [0.25, 0.3) is 0 Å². The van der Waals surface area contributed by atoms with Gasteiger partial charge in [0, 0.05) is 16.4 Å². The third-order valence-electron chi connectivity index (χ3n) is 3.47. The van der Waals surface area contributed by atoms with Crippen molar-refractivity contribution in [2.75, 3.05) is 13.1 Å². The molecule has 0 aromatic carbocycles. The van der Waals surface area contributed by atoms with Crippen molar-refractivity contribution >= 4 is 33.2 Å². The molecule has 1 N–H and O–H groups in total. The Balaban J connectivity index is 1.65. The van der Waals surface area contributed by atoms with Crippen molar-refractivity contribution in [3.8, 4) is 10.7 Å². The van der Waals surface area contributed by atoms with E-state index in [2.05, 4.69) is 31.0 Å². The highest BCUT2D eigenvalue weighted by molar-refractivity contribution is 9.10. The molecule has 1 fully saturated rings. The molecule has 21 heavy (non-hydrogen) atoms. The van der Waals surface area contributed by atoms with Crippen molar-refractivity contribution in [2.45, 2.75) is 19.4 Å². The van der Waals surface area contributed by atoms with Gasteiger partial charge in [0.1, 0.15) is 0 Å². The summed E-state index contributed by atoms with van der Waals surface area (Å²) in [5.41, 5.74) is 0. The van der Waals surface area contributed by atoms with E-state index in [1.54, 1.807) is 11.3 Å². The molecule has 0 amide bonds. The maximum Gasteiger partial charge on any atom is 0.307 e. The maximum absolute atomic E-state index is 11.1. The smallest absolute Gasteiger partial charge is 0.307 e. The summed E-state index contributed by atoms with van der Waals surface area (Å²) in [5.74, 6) is 0.0804. The summed E-state index contributed by atoms with van der Waals surface area (Å²) in [4.78, 5) is 18.4. The minimum Gasteiger partial charge on any atom is -0.481 e. The number of carboxylic acid groups (broad SMARTS) is 1. The van der Waals surface area contributed by atoms with Gasteiger partial charge in [-0.15, -0.1) is 11.3 Å². The monoisotopic (exact) mass is 371 g/mol. The number of nitrogens with zero attached hydrogens (tertiary/aromatic N) is 3. The predicted octanol–water partition coefficient (Wildman–Crippen LogP) is 2.86. The fourth-order valence-electron chi connectivity index (χ4n) is 2.44. The van der Waals surface area contributed by atoms with Crippen molar-refractivity contribution in [3.63, 3.8) is 0 Å². The number of hydrogen-bond acceptors (Lipinski definition) is 6. The molecule has 8 heteroatoms. The summed E-state index contributed by atoms with van der Waals surface area (Å²) in [6, 6.07) is 1.95. The molecule has 0 bridgehead atoms. The van der Waals surface area contributed by atoms with Crippen LogP contribution in [0.15, 0.2) is 20.4 Å². The molecule has 112 valence electrons. The first-order valence-electron chi connectivity index (χ1n) is 6.64. The van der Waals surface area contributed by atoms with Crippen LogP contribution in [0.1, 0.15) is 18.7 Å². The number of likely N-dealkylation sites (tertiary alicyclic amines) is 1. The van der Waals surface area contributed by atoms with Gasteiger partial charge in [0.05, 0.1) is 17.3 Å². The van der Waals surface area contributed by atoms with Crippen LogP contribution < -0.4 is 0 Å². The molecule has 0 radical (unpaired) electrons. The van der Waals surface area contributed by atoms with Crippen molar-refractivity contribution in [3.05, 3.63) is 21.8 Å². The second-order valence-electron chi connectivity index (χ2n) is 5.05. The van der Waals surface area contributed by atoms with E-state index < -0.39 is 5.97 Å². The molecule has 0 saturated carbocycles. The highest BCUT2D eigenvalue weighted by Crippen LogP contribution is 2.28. The zero-order chi connectivity index (χ0) is 14.8. The van der Waals surface area contributed by atoms with Crippen LogP contribution in [0.2, 0.25) is 0 Å². The van der Waals surface area contributed by atoms with E-state index in [1.807, 2.05) is 11.4 Å². The lowest BCUT2D eigenvalue weighted by atomic mass is 9.98. The van der Waals surface area contributed by atoms with Gasteiger partial charge in [-0.3, -0.25) is 9.69 Å². The first kappa shape index (κ1) is 14.7. The molecule has 2 aromatic heterocycles. The molecular weight excluding hydrogens is 358 g/mol. The number of carboxylic acids is 1. The Morgan fingerprint density at radius 3 is 3.19 bits per heavy atom. The average molecular weight is 372 g/mol. The van der Waals surface area contributed by atoms with E-state index in [4.69, 9.17) is 9.63 Å². The lowest BCUT2D eigenvalue weighted by molar-refractivity contribution is -0.143. The summed E-state index contributed by atoms with van der Waals surface area (Å²) >= 11 is 4.94. The molecule has 2 aromatic rings. The van der Waals surface area contributed by atoms with Crippen molar-refractivity contribution in [1.29, 1.82) is 0 Å². The summed E-state index contributed by atoms with van der Waals surface area (Å²) < 4.78 is 6.26. The van der Waals surface area contributed by atoms with Gasteiger partial charge < -0.3 is 9.63 Å². The fourth-order valence-corrected chi connectivity index (χ4v) is 3.79. The molecule has 1 atom stereocenters. The largest absolute Gasteiger partial charge is 0.481 e. The molecule has 3 heterocycles. The summed E-state index contributed by atoms with van der Waals surface area (Å²) in [6.07, 6.45) is 1.62. The SMILES string of the molecule is O=C(O)C1CCCN(Cc2nc(-c3cc(Br)cs3)no2)C1. The first-order valence-corrected chi connectivity index (χ1v) is 8.31. The van der Waals surface area contributed by atoms with Gasteiger partial charge in [-0.2, -0.15) is 4.98 Å². The molecule has 0 spiro atoms.